The van der Waals surface area contributed by atoms with Crippen molar-refractivity contribution in [3.8, 4) is 6.07 Å². The Balaban J connectivity index is 1.88. The number of nitrogens with zero attached hydrogens (tertiary/aromatic N) is 2. The number of hydrogen-bond donors (Lipinski definition) is 1. The molecule has 2 unspecified atom stereocenters. The van der Waals surface area contributed by atoms with Gasteiger partial charge in [0.2, 0.25) is 10.0 Å². The molecule has 2 aliphatic rings. The predicted octanol–water partition coefficient (Wildman–Crippen LogP) is 2.12. The molecule has 22 heavy (non-hydrogen) atoms. The molecule has 7 heteroatoms. The Morgan fingerprint density at radius 3 is 2.50 bits per heavy atom. The average molecular weight is 340 g/mol. The fraction of sp³-hybridized carbons (Fsp3) is 0.533. The van der Waals surface area contributed by atoms with E-state index in [-0.39, 0.29) is 16.0 Å². The maximum Gasteiger partial charge on any atom is 0.244 e. The highest BCUT2D eigenvalue weighted by atomic mass is 35.5. The van der Waals surface area contributed by atoms with Crippen LogP contribution in [0.4, 0.5) is 0 Å². The zero-order valence-electron chi connectivity index (χ0n) is 12.3. The number of nitrogens with one attached hydrogen (secondary N) is 1. The van der Waals surface area contributed by atoms with Crippen molar-refractivity contribution in [2.45, 2.75) is 48.7 Å². The molecule has 5 nitrogen and oxygen atoms in total. The van der Waals surface area contributed by atoms with Crippen molar-refractivity contribution in [1.82, 2.24) is 9.62 Å². The van der Waals surface area contributed by atoms with Crippen molar-refractivity contribution in [2.75, 3.05) is 7.05 Å². The Bertz CT molecular complexity index is 717. The van der Waals surface area contributed by atoms with E-state index in [4.69, 9.17) is 16.9 Å². The minimum absolute atomic E-state index is 0.00420. The van der Waals surface area contributed by atoms with E-state index in [1.54, 1.807) is 7.05 Å². The number of nitriles is 1. The van der Waals surface area contributed by atoms with Gasteiger partial charge in [-0.05, 0) is 43.9 Å². The molecule has 1 aromatic carbocycles. The van der Waals surface area contributed by atoms with Crippen LogP contribution in [0.1, 0.15) is 31.2 Å². The Morgan fingerprint density at radius 2 is 1.95 bits per heavy atom. The van der Waals surface area contributed by atoms with Crippen LogP contribution in [-0.4, -0.2) is 37.9 Å². The van der Waals surface area contributed by atoms with Gasteiger partial charge in [0, 0.05) is 25.2 Å². The maximum atomic E-state index is 12.8. The van der Waals surface area contributed by atoms with Crippen molar-refractivity contribution >= 4 is 21.6 Å². The van der Waals surface area contributed by atoms with Crippen molar-refractivity contribution < 1.29 is 8.42 Å². The summed E-state index contributed by atoms with van der Waals surface area (Å²) in [5.41, 5.74) is 0.353. The van der Waals surface area contributed by atoms with E-state index in [0.29, 0.717) is 17.6 Å². The van der Waals surface area contributed by atoms with E-state index in [1.165, 1.54) is 22.5 Å². The molecule has 0 saturated carbocycles. The van der Waals surface area contributed by atoms with Gasteiger partial charge in [0.15, 0.2) is 0 Å². The van der Waals surface area contributed by atoms with E-state index in [9.17, 15) is 8.42 Å². The summed E-state index contributed by atoms with van der Waals surface area (Å²) in [5.74, 6) is 0. The molecule has 2 atom stereocenters. The second-order valence-electron chi connectivity index (χ2n) is 6.04. The van der Waals surface area contributed by atoms with Crippen molar-refractivity contribution in [3.63, 3.8) is 0 Å². The first-order chi connectivity index (χ1) is 10.4. The van der Waals surface area contributed by atoms with Crippen molar-refractivity contribution in [1.29, 1.82) is 5.26 Å². The summed E-state index contributed by atoms with van der Waals surface area (Å²) < 4.78 is 27.1. The van der Waals surface area contributed by atoms with Crippen LogP contribution in [0.25, 0.3) is 0 Å². The molecule has 2 heterocycles. The number of fused-ring (bicyclic) bond motifs is 2. The monoisotopic (exact) mass is 339 g/mol. The molecule has 0 aliphatic carbocycles. The summed E-state index contributed by atoms with van der Waals surface area (Å²) in [6, 6.07) is 7.08. The molecule has 1 aromatic rings. The molecule has 2 saturated heterocycles. The van der Waals surface area contributed by atoms with Gasteiger partial charge in [0.1, 0.15) is 4.90 Å². The molecule has 2 fully saturated rings. The van der Waals surface area contributed by atoms with E-state index < -0.39 is 10.0 Å². The predicted molar refractivity (Wildman–Crippen MR) is 84.1 cm³/mol. The van der Waals surface area contributed by atoms with Crippen LogP contribution in [0.5, 0.6) is 0 Å². The number of halogens is 1. The summed E-state index contributed by atoms with van der Waals surface area (Å²) in [4.78, 5) is 0.0709. The zero-order valence-corrected chi connectivity index (χ0v) is 13.9. The lowest BCUT2D eigenvalue weighted by Crippen LogP contribution is -2.48. The summed E-state index contributed by atoms with van der Waals surface area (Å²) >= 11 is 6.08. The first-order valence-corrected chi connectivity index (χ1v) is 9.17. The van der Waals surface area contributed by atoms with Crippen LogP contribution in [0, 0.1) is 11.3 Å². The van der Waals surface area contributed by atoms with Gasteiger partial charge in [0.05, 0.1) is 16.7 Å². The molecule has 0 amide bonds. The van der Waals surface area contributed by atoms with Crippen LogP contribution in [0.15, 0.2) is 23.1 Å². The smallest absolute Gasteiger partial charge is 0.244 e. The van der Waals surface area contributed by atoms with Crippen molar-refractivity contribution in [3.05, 3.63) is 28.8 Å². The third-order valence-corrected chi connectivity index (χ3v) is 7.07. The van der Waals surface area contributed by atoms with Gasteiger partial charge in [0.25, 0.3) is 0 Å². The molecule has 118 valence electrons. The number of benzene rings is 1. The van der Waals surface area contributed by atoms with E-state index in [1.807, 2.05) is 6.07 Å². The Labute approximate surface area is 135 Å². The minimum atomic E-state index is -3.65. The number of sulfonamides is 1. The Morgan fingerprint density at radius 1 is 1.32 bits per heavy atom. The number of piperidine rings is 1. The van der Waals surface area contributed by atoms with Crippen LogP contribution in [0.3, 0.4) is 0 Å². The average Bonchev–Trinajstić information content (AvgIpc) is 2.84. The molecular formula is C15H18ClN3O2S. The summed E-state index contributed by atoms with van der Waals surface area (Å²) in [6.45, 7) is 0. The van der Waals surface area contributed by atoms with Crippen LogP contribution < -0.4 is 5.32 Å². The molecule has 2 aliphatic heterocycles. The maximum absolute atomic E-state index is 12.8. The zero-order chi connectivity index (χ0) is 15.9. The first-order valence-electron chi connectivity index (χ1n) is 7.35. The second-order valence-corrected chi connectivity index (χ2v) is 8.41. The summed E-state index contributed by atoms with van der Waals surface area (Å²) in [5, 5.41) is 12.5. The standard InChI is InChI=1S/C15H18ClN3O2S/c1-19(13-7-11-3-4-12(8-13)18-11)22(20,21)15-5-2-10(9-17)6-14(15)16/h2,5-6,11-13,18H,3-4,7-8H2,1H3. The Kier molecular flexibility index (Phi) is 4.17. The second kappa shape index (κ2) is 5.82. The molecule has 3 rings (SSSR count). The van der Waals surface area contributed by atoms with Gasteiger partial charge in [-0.25, -0.2) is 8.42 Å². The summed E-state index contributed by atoms with van der Waals surface area (Å²) in [6.07, 6.45) is 3.90. The molecule has 1 N–H and O–H groups in total. The van der Waals surface area contributed by atoms with Crippen molar-refractivity contribution in [2.24, 2.45) is 0 Å². The van der Waals surface area contributed by atoms with Crippen LogP contribution in [0.2, 0.25) is 5.02 Å². The lowest BCUT2D eigenvalue weighted by atomic mass is 10.0. The highest BCUT2D eigenvalue weighted by Crippen LogP contribution is 2.33. The third kappa shape index (κ3) is 2.74. The SMILES string of the molecule is CN(C1CC2CCC(C1)N2)S(=O)(=O)c1ccc(C#N)cc1Cl. The molecule has 0 radical (unpaired) electrons. The van der Waals surface area contributed by atoms with Crippen LogP contribution in [-0.2, 0) is 10.0 Å². The molecule has 0 aromatic heterocycles. The largest absolute Gasteiger partial charge is 0.311 e. The quantitative estimate of drug-likeness (QED) is 0.915. The topological polar surface area (TPSA) is 73.2 Å². The first kappa shape index (κ1) is 15.8. The van der Waals surface area contributed by atoms with E-state index in [2.05, 4.69) is 5.32 Å². The fourth-order valence-corrected chi connectivity index (χ4v) is 5.35. The lowest BCUT2D eigenvalue weighted by Gasteiger charge is -2.35. The Hall–Kier alpha value is -1.13. The van der Waals surface area contributed by atoms with Crippen LogP contribution >= 0.6 is 11.6 Å². The molecule has 2 bridgehead atoms. The summed E-state index contributed by atoms with van der Waals surface area (Å²) in [7, 11) is -2.02. The fourth-order valence-electron chi connectivity index (χ4n) is 3.46. The molecular weight excluding hydrogens is 322 g/mol. The third-order valence-electron chi connectivity index (χ3n) is 4.68. The highest BCUT2D eigenvalue weighted by molar-refractivity contribution is 7.89. The van der Waals surface area contributed by atoms with E-state index in [0.717, 1.165) is 25.7 Å². The van der Waals surface area contributed by atoms with Gasteiger partial charge >= 0.3 is 0 Å². The van der Waals surface area contributed by atoms with Gasteiger partial charge in [-0.3, -0.25) is 0 Å². The normalized spacial score (nSPS) is 27.8. The lowest BCUT2D eigenvalue weighted by molar-refractivity contribution is 0.251. The number of hydrogen-bond acceptors (Lipinski definition) is 4. The highest BCUT2D eigenvalue weighted by Gasteiger charge is 2.39. The van der Waals surface area contributed by atoms with Gasteiger partial charge in [-0.2, -0.15) is 9.57 Å². The number of rotatable bonds is 3. The van der Waals surface area contributed by atoms with Gasteiger partial charge in [-0.15, -0.1) is 0 Å². The molecule has 0 spiro atoms. The van der Waals surface area contributed by atoms with E-state index >= 15 is 0 Å². The minimum Gasteiger partial charge on any atom is -0.311 e. The van der Waals surface area contributed by atoms with Gasteiger partial charge < -0.3 is 5.32 Å². The van der Waals surface area contributed by atoms with Gasteiger partial charge in [-0.1, -0.05) is 11.6 Å².